The SMILES string of the molecule is CCCc1nc(C)cc(N[C@H]2CC(=O)N(C3Cc4ccccc4C3)C2)n1. The Hall–Kier alpha value is -2.43. The van der Waals surface area contributed by atoms with Gasteiger partial charge >= 0.3 is 0 Å². The Morgan fingerprint density at radius 3 is 2.58 bits per heavy atom. The zero-order chi connectivity index (χ0) is 18.1. The van der Waals surface area contributed by atoms with Gasteiger partial charge in [0.15, 0.2) is 0 Å². The lowest BCUT2D eigenvalue weighted by Crippen LogP contribution is -2.38. The van der Waals surface area contributed by atoms with E-state index in [-0.39, 0.29) is 11.9 Å². The third-order valence-electron chi connectivity index (χ3n) is 5.35. The summed E-state index contributed by atoms with van der Waals surface area (Å²) in [5, 5.41) is 3.47. The summed E-state index contributed by atoms with van der Waals surface area (Å²) in [4.78, 5) is 23.8. The van der Waals surface area contributed by atoms with E-state index in [1.807, 2.05) is 13.0 Å². The van der Waals surface area contributed by atoms with Crippen LogP contribution in [0.2, 0.25) is 0 Å². The molecule has 1 aliphatic carbocycles. The maximum Gasteiger partial charge on any atom is 0.225 e. The van der Waals surface area contributed by atoms with Gasteiger partial charge in [0.1, 0.15) is 11.6 Å². The van der Waals surface area contributed by atoms with Crippen LogP contribution in [0.5, 0.6) is 0 Å². The zero-order valence-corrected chi connectivity index (χ0v) is 15.5. The van der Waals surface area contributed by atoms with E-state index in [1.165, 1.54) is 11.1 Å². The number of amides is 1. The number of carbonyl (C=O) groups excluding carboxylic acids is 1. The average molecular weight is 350 g/mol. The van der Waals surface area contributed by atoms with Gasteiger partial charge in [-0.15, -0.1) is 0 Å². The van der Waals surface area contributed by atoms with Crippen molar-refractivity contribution in [2.24, 2.45) is 0 Å². The highest BCUT2D eigenvalue weighted by Gasteiger charge is 2.37. The van der Waals surface area contributed by atoms with Gasteiger partial charge in [-0.2, -0.15) is 0 Å². The number of aryl methyl sites for hydroxylation is 2. The van der Waals surface area contributed by atoms with Crippen LogP contribution >= 0.6 is 0 Å². The molecule has 0 saturated carbocycles. The minimum Gasteiger partial charge on any atom is -0.365 e. The predicted octanol–water partition coefficient (Wildman–Crippen LogP) is 2.92. The van der Waals surface area contributed by atoms with Crippen LogP contribution in [0.1, 0.15) is 42.4 Å². The Bertz CT molecular complexity index is 794. The number of rotatable bonds is 5. The smallest absolute Gasteiger partial charge is 0.225 e. The summed E-state index contributed by atoms with van der Waals surface area (Å²) in [5.41, 5.74) is 3.74. The molecule has 0 unspecified atom stereocenters. The van der Waals surface area contributed by atoms with Crippen molar-refractivity contribution in [3.05, 3.63) is 53.0 Å². The number of carbonyl (C=O) groups is 1. The summed E-state index contributed by atoms with van der Waals surface area (Å²) >= 11 is 0. The topological polar surface area (TPSA) is 58.1 Å². The first-order valence-corrected chi connectivity index (χ1v) is 9.59. The fourth-order valence-electron chi connectivity index (χ4n) is 4.19. The zero-order valence-electron chi connectivity index (χ0n) is 15.5. The second-order valence-corrected chi connectivity index (χ2v) is 7.48. The largest absolute Gasteiger partial charge is 0.365 e. The summed E-state index contributed by atoms with van der Waals surface area (Å²) in [6.45, 7) is 4.88. The summed E-state index contributed by atoms with van der Waals surface area (Å²) < 4.78 is 0. The molecule has 1 N–H and O–H groups in total. The van der Waals surface area contributed by atoms with E-state index in [1.54, 1.807) is 0 Å². The Kier molecular flexibility index (Phi) is 4.62. The van der Waals surface area contributed by atoms with Gasteiger partial charge in [-0.3, -0.25) is 4.79 Å². The summed E-state index contributed by atoms with van der Waals surface area (Å²) in [6.07, 6.45) is 4.40. The average Bonchev–Trinajstić information content (AvgIpc) is 3.17. The normalized spacial score (nSPS) is 19.8. The molecule has 1 saturated heterocycles. The Morgan fingerprint density at radius 2 is 1.88 bits per heavy atom. The van der Waals surface area contributed by atoms with E-state index in [0.717, 1.165) is 49.6 Å². The summed E-state index contributed by atoms with van der Waals surface area (Å²) in [6, 6.07) is 10.9. The molecule has 5 heteroatoms. The van der Waals surface area contributed by atoms with Crippen molar-refractivity contribution in [2.45, 2.75) is 58.0 Å². The molecule has 0 bridgehead atoms. The Labute approximate surface area is 154 Å². The van der Waals surface area contributed by atoms with Crippen molar-refractivity contribution < 1.29 is 4.79 Å². The van der Waals surface area contributed by atoms with Crippen molar-refractivity contribution in [1.82, 2.24) is 14.9 Å². The van der Waals surface area contributed by atoms with Gasteiger partial charge in [-0.1, -0.05) is 31.2 Å². The summed E-state index contributed by atoms with van der Waals surface area (Å²) in [5.74, 6) is 1.97. The Morgan fingerprint density at radius 1 is 1.15 bits per heavy atom. The number of likely N-dealkylation sites (tertiary alicyclic amines) is 1. The molecular weight excluding hydrogens is 324 g/mol. The van der Waals surface area contributed by atoms with Crippen molar-refractivity contribution in [3.8, 4) is 0 Å². The van der Waals surface area contributed by atoms with Crippen molar-refractivity contribution in [2.75, 3.05) is 11.9 Å². The lowest BCUT2D eigenvalue weighted by molar-refractivity contribution is -0.129. The van der Waals surface area contributed by atoms with Crippen LogP contribution in [-0.2, 0) is 24.1 Å². The monoisotopic (exact) mass is 350 g/mol. The number of nitrogens with zero attached hydrogens (tertiary/aromatic N) is 3. The van der Waals surface area contributed by atoms with E-state index in [2.05, 4.69) is 51.4 Å². The highest BCUT2D eigenvalue weighted by Crippen LogP contribution is 2.29. The van der Waals surface area contributed by atoms with Crippen molar-refractivity contribution in [3.63, 3.8) is 0 Å². The van der Waals surface area contributed by atoms with E-state index >= 15 is 0 Å². The van der Waals surface area contributed by atoms with Gasteiger partial charge in [0, 0.05) is 37.2 Å². The second-order valence-electron chi connectivity index (χ2n) is 7.48. The standard InChI is InChI=1S/C21H26N4O/c1-3-6-19-22-14(2)9-20(24-19)23-17-12-21(26)25(13-17)18-10-15-7-4-5-8-16(15)11-18/h4-5,7-9,17-18H,3,6,10-13H2,1-2H3,(H,22,23,24)/t17-/m0/s1. The van der Waals surface area contributed by atoms with Gasteiger partial charge in [-0.25, -0.2) is 9.97 Å². The molecule has 1 fully saturated rings. The van der Waals surface area contributed by atoms with Gasteiger partial charge in [-0.05, 0) is 37.3 Å². The third-order valence-corrected chi connectivity index (χ3v) is 5.35. The number of fused-ring (bicyclic) bond motifs is 1. The van der Waals surface area contributed by atoms with Crippen LogP contribution in [0, 0.1) is 6.92 Å². The van der Waals surface area contributed by atoms with Crippen molar-refractivity contribution in [1.29, 1.82) is 0 Å². The van der Waals surface area contributed by atoms with E-state index in [0.29, 0.717) is 12.5 Å². The molecule has 0 radical (unpaired) electrons. The first kappa shape index (κ1) is 17.0. The first-order valence-electron chi connectivity index (χ1n) is 9.59. The predicted molar refractivity (Wildman–Crippen MR) is 102 cm³/mol. The van der Waals surface area contributed by atoms with E-state index in [4.69, 9.17) is 0 Å². The van der Waals surface area contributed by atoms with E-state index in [9.17, 15) is 4.79 Å². The second kappa shape index (κ2) is 7.06. The van der Waals surface area contributed by atoms with E-state index < -0.39 is 0 Å². The number of anilines is 1. The molecular formula is C21H26N4O. The molecule has 5 nitrogen and oxygen atoms in total. The Balaban J connectivity index is 1.43. The van der Waals surface area contributed by atoms with Crippen LogP contribution in [-0.4, -0.2) is 39.4 Å². The molecule has 2 aromatic rings. The molecule has 2 aliphatic rings. The van der Waals surface area contributed by atoms with Crippen LogP contribution in [0.3, 0.4) is 0 Å². The molecule has 26 heavy (non-hydrogen) atoms. The maximum absolute atomic E-state index is 12.6. The molecule has 1 aromatic heterocycles. The van der Waals surface area contributed by atoms with Gasteiger partial charge in [0.05, 0.1) is 6.04 Å². The quantitative estimate of drug-likeness (QED) is 0.901. The molecule has 1 aliphatic heterocycles. The lowest BCUT2D eigenvalue weighted by atomic mass is 10.1. The first-order chi connectivity index (χ1) is 12.6. The van der Waals surface area contributed by atoms with Crippen molar-refractivity contribution >= 4 is 11.7 Å². The highest BCUT2D eigenvalue weighted by molar-refractivity contribution is 5.80. The molecule has 1 amide bonds. The maximum atomic E-state index is 12.6. The van der Waals surface area contributed by atoms with Crippen LogP contribution in [0.4, 0.5) is 5.82 Å². The lowest BCUT2D eigenvalue weighted by Gasteiger charge is -2.24. The van der Waals surface area contributed by atoms with Crippen LogP contribution < -0.4 is 5.32 Å². The van der Waals surface area contributed by atoms with Gasteiger partial charge in [0.2, 0.25) is 5.91 Å². The minimum atomic E-state index is 0.120. The van der Waals surface area contributed by atoms with Gasteiger partial charge in [0.25, 0.3) is 0 Å². The molecule has 2 heterocycles. The summed E-state index contributed by atoms with van der Waals surface area (Å²) in [7, 11) is 0. The number of hydrogen-bond donors (Lipinski definition) is 1. The molecule has 136 valence electrons. The number of nitrogens with one attached hydrogen (secondary N) is 1. The van der Waals surface area contributed by atoms with Crippen LogP contribution in [0.15, 0.2) is 30.3 Å². The fraction of sp³-hybridized carbons (Fsp3) is 0.476. The molecule has 4 rings (SSSR count). The number of hydrogen-bond acceptors (Lipinski definition) is 4. The molecule has 1 aromatic carbocycles. The third kappa shape index (κ3) is 3.43. The highest BCUT2D eigenvalue weighted by atomic mass is 16.2. The van der Waals surface area contributed by atoms with Crippen LogP contribution in [0.25, 0.3) is 0 Å². The fourth-order valence-corrected chi connectivity index (χ4v) is 4.19. The number of benzene rings is 1. The van der Waals surface area contributed by atoms with Gasteiger partial charge < -0.3 is 10.2 Å². The number of aromatic nitrogens is 2. The minimum absolute atomic E-state index is 0.120. The molecule has 0 spiro atoms. The molecule has 1 atom stereocenters.